The number of ether oxygens (including phenoxy) is 4. The average Bonchev–Trinajstić information content (AvgIpc) is 3.94. The molecular weight excluding hydrogens is 692 g/mol. The van der Waals surface area contributed by atoms with Crippen molar-refractivity contribution in [3.05, 3.63) is 36.5 Å². The number of hydrogen-bond donors (Lipinski definition) is 4. The summed E-state index contributed by atoms with van der Waals surface area (Å²) in [6, 6.07) is 0. The van der Waals surface area contributed by atoms with E-state index in [2.05, 4.69) is 59.5 Å². The molecule has 2 rings (SSSR count). The van der Waals surface area contributed by atoms with E-state index in [4.69, 9.17) is 25.4 Å². The van der Waals surface area contributed by atoms with E-state index in [9.17, 15) is 30.0 Å². The molecule has 2 aliphatic rings. The van der Waals surface area contributed by atoms with Crippen molar-refractivity contribution in [1.82, 2.24) is 0 Å². The van der Waals surface area contributed by atoms with Crippen LogP contribution in [0.15, 0.2) is 46.7 Å². The largest absolute Gasteiger partial charge is 0.462 e. The van der Waals surface area contributed by atoms with E-state index in [1.165, 1.54) is 0 Å². The zero-order chi connectivity index (χ0) is 39.3. The molecule has 0 aromatic heterocycles. The van der Waals surface area contributed by atoms with Gasteiger partial charge in [0, 0.05) is 19.3 Å². The third-order valence-electron chi connectivity index (χ3n) is 9.54. The summed E-state index contributed by atoms with van der Waals surface area (Å²) in [7, 11) is 0. The highest BCUT2D eigenvalue weighted by Crippen LogP contribution is 2.38. The van der Waals surface area contributed by atoms with Gasteiger partial charge in [0.1, 0.15) is 31.0 Å². The molecule has 12 nitrogen and oxygen atoms in total. The number of aliphatic hydroxyl groups excluding tert-OH is 4. The highest BCUT2D eigenvalue weighted by atomic mass is 16.7. The molecule has 1 fully saturated rings. The summed E-state index contributed by atoms with van der Waals surface area (Å²) < 4.78 is 22.1. The van der Waals surface area contributed by atoms with Crippen LogP contribution in [-0.2, 0) is 28.5 Å². The van der Waals surface area contributed by atoms with Crippen molar-refractivity contribution in [3.63, 3.8) is 0 Å². The van der Waals surface area contributed by atoms with Crippen molar-refractivity contribution in [2.24, 2.45) is 10.2 Å². The zero-order valence-electron chi connectivity index (χ0n) is 32.6. The summed E-state index contributed by atoms with van der Waals surface area (Å²) >= 11 is 0. The highest BCUT2D eigenvalue weighted by Gasteiger charge is 2.44. The second-order valence-corrected chi connectivity index (χ2v) is 14.3. The number of nitrogens with zero attached hydrogens (tertiary/aromatic N) is 2. The van der Waals surface area contributed by atoms with Gasteiger partial charge in [-0.2, -0.15) is 10.2 Å². The molecule has 0 aromatic carbocycles. The van der Waals surface area contributed by atoms with E-state index < -0.39 is 55.4 Å². The van der Waals surface area contributed by atoms with E-state index in [1.807, 2.05) is 0 Å². The fraction of sp³-hybridized carbons (Fsp3) is 0.762. The van der Waals surface area contributed by atoms with Crippen molar-refractivity contribution < 1.29 is 49.0 Å². The molecule has 306 valence electrons. The molecule has 54 heavy (non-hydrogen) atoms. The van der Waals surface area contributed by atoms with Gasteiger partial charge in [0.25, 0.3) is 0 Å². The Labute approximate surface area is 323 Å². The van der Waals surface area contributed by atoms with Crippen LogP contribution in [0.4, 0.5) is 0 Å². The lowest BCUT2D eigenvalue weighted by molar-refractivity contribution is -0.305. The summed E-state index contributed by atoms with van der Waals surface area (Å²) in [6.45, 7) is 0.976. The first-order valence-corrected chi connectivity index (χ1v) is 20.3. The molecule has 0 unspecified atom stereocenters. The van der Waals surface area contributed by atoms with Crippen LogP contribution in [0.3, 0.4) is 0 Å². The zero-order valence-corrected chi connectivity index (χ0v) is 32.6. The van der Waals surface area contributed by atoms with Gasteiger partial charge in [0.05, 0.1) is 13.2 Å². The smallest absolute Gasteiger partial charge is 0.306 e. The lowest BCUT2D eigenvalue weighted by Crippen LogP contribution is -2.59. The Kier molecular flexibility index (Phi) is 25.7. The molecule has 0 aliphatic carbocycles. The fourth-order valence-electron chi connectivity index (χ4n) is 6.17. The van der Waals surface area contributed by atoms with Crippen molar-refractivity contribution in [2.45, 2.75) is 184 Å². The van der Waals surface area contributed by atoms with E-state index in [-0.39, 0.29) is 31.7 Å². The number of carbonyl (C=O) groups excluding carboxylic acids is 2. The lowest BCUT2D eigenvalue weighted by Gasteiger charge is -2.39. The first kappa shape index (κ1) is 47.2. The maximum absolute atomic E-state index is 12.7. The normalized spacial score (nSPS) is 22.6. The van der Waals surface area contributed by atoms with Crippen molar-refractivity contribution in [3.8, 4) is 12.3 Å². The Bertz CT molecular complexity index is 1170. The van der Waals surface area contributed by atoms with E-state index in [1.54, 1.807) is 0 Å². The van der Waals surface area contributed by atoms with Crippen LogP contribution in [0.5, 0.6) is 0 Å². The first-order chi connectivity index (χ1) is 26.2. The van der Waals surface area contributed by atoms with Crippen molar-refractivity contribution in [2.75, 3.05) is 19.8 Å². The fourth-order valence-corrected chi connectivity index (χ4v) is 6.17. The van der Waals surface area contributed by atoms with Crippen LogP contribution < -0.4 is 0 Å². The maximum atomic E-state index is 12.7. The molecule has 0 bridgehead atoms. The van der Waals surface area contributed by atoms with Crippen molar-refractivity contribution in [1.29, 1.82) is 0 Å². The minimum atomic E-state index is -1.61. The lowest BCUT2D eigenvalue weighted by atomic mass is 9.98. The van der Waals surface area contributed by atoms with Gasteiger partial charge in [-0.1, -0.05) is 88.3 Å². The number of hydrogen-bond acceptors (Lipinski definition) is 12. The number of allylic oxidation sites excluding steroid dienone is 6. The topological polar surface area (TPSA) is 177 Å². The molecule has 12 heteroatoms. The van der Waals surface area contributed by atoms with Gasteiger partial charge < -0.3 is 39.4 Å². The molecule has 4 N–H and O–H groups in total. The Balaban J connectivity index is 1.67. The summed E-state index contributed by atoms with van der Waals surface area (Å²) in [5.74, 6) is 1.78. The van der Waals surface area contributed by atoms with Gasteiger partial charge >= 0.3 is 11.9 Å². The molecule has 0 amide bonds. The molecule has 1 saturated heterocycles. The predicted octanol–water partition coefficient (Wildman–Crippen LogP) is 6.93. The predicted molar refractivity (Wildman–Crippen MR) is 207 cm³/mol. The average molecular weight is 761 g/mol. The SMILES string of the molecule is C#CCCCC1(CCCCCCCCC(=O)OC[C@H](CO[C@@H]2O[C@H](CO)[C@H](O)[C@H](O)[C@H]2O)OC(=O)CCCCCCC/C=C\C/C=C\C/C=C\CC)N=N1. The summed E-state index contributed by atoms with van der Waals surface area (Å²) in [4.78, 5) is 25.3. The second-order valence-electron chi connectivity index (χ2n) is 14.3. The Morgan fingerprint density at radius 3 is 2.00 bits per heavy atom. The van der Waals surface area contributed by atoms with Gasteiger partial charge in [-0.25, -0.2) is 0 Å². The van der Waals surface area contributed by atoms with Crippen molar-refractivity contribution >= 4 is 11.9 Å². The molecule has 0 spiro atoms. The number of aliphatic hydroxyl groups is 4. The standard InChI is InChI=1S/C42H68N2O10/c1-3-5-7-8-9-10-11-12-13-14-15-16-17-21-24-28-37(47)53-34(33-52-41-40(50)39(49)38(48)35(31-45)54-41)32-51-36(46)27-23-20-18-19-22-26-30-42(43-44-42)29-25-6-4-2/h2,5,7,9-10,12-13,34-35,38-41,45,48-50H,3,6,8,11,14-33H2,1H3/b7-5-,10-9-,13-12-/t34-,35-,38+,39+,40-,41-/m1/s1. The molecule has 2 aliphatic heterocycles. The van der Waals surface area contributed by atoms with E-state index >= 15 is 0 Å². The number of terminal acetylenes is 1. The number of esters is 2. The van der Waals surface area contributed by atoms with Crippen LogP contribution in [0.25, 0.3) is 0 Å². The summed E-state index contributed by atoms with van der Waals surface area (Å²) in [6.07, 6.45) is 28.7. The van der Waals surface area contributed by atoms with Gasteiger partial charge in [0.2, 0.25) is 0 Å². The van der Waals surface area contributed by atoms with Gasteiger partial charge in [-0.15, -0.1) is 12.3 Å². The number of rotatable bonds is 32. The van der Waals surface area contributed by atoms with E-state index in [0.29, 0.717) is 12.8 Å². The molecule has 0 aromatic rings. The Morgan fingerprint density at radius 2 is 1.35 bits per heavy atom. The molecule has 2 heterocycles. The molecule has 6 atom stereocenters. The van der Waals surface area contributed by atoms with Gasteiger partial charge in [0.15, 0.2) is 18.1 Å². The summed E-state index contributed by atoms with van der Waals surface area (Å²) in [5.41, 5.74) is -0.187. The van der Waals surface area contributed by atoms with Crippen LogP contribution in [0.1, 0.15) is 142 Å². The third-order valence-corrected chi connectivity index (χ3v) is 9.54. The highest BCUT2D eigenvalue weighted by molar-refractivity contribution is 5.70. The minimum Gasteiger partial charge on any atom is -0.462 e. The molecule has 0 saturated carbocycles. The summed E-state index contributed by atoms with van der Waals surface area (Å²) in [5, 5.41) is 48.5. The van der Waals surface area contributed by atoms with Crippen LogP contribution in [0, 0.1) is 12.3 Å². The van der Waals surface area contributed by atoms with Crippen LogP contribution in [-0.4, -0.2) is 94.7 Å². The monoisotopic (exact) mass is 760 g/mol. The number of carbonyl (C=O) groups is 2. The van der Waals surface area contributed by atoms with E-state index in [0.717, 1.165) is 109 Å². The molecule has 0 radical (unpaired) electrons. The van der Waals surface area contributed by atoms with Gasteiger partial charge in [-0.3, -0.25) is 9.59 Å². The van der Waals surface area contributed by atoms with Crippen LogP contribution in [0.2, 0.25) is 0 Å². The second kappa shape index (κ2) is 29.4. The van der Waals surface area contributed by atoms with Crippen LogP contribution >= 0.6 is 0 Å². The Hall–Kier alpha value is -2.92. The van der Waals surface area contributed by atoms with Gasteiger partial charge in [-0.05, 0) is 70.6 Å². The quantitative estimate of drug-likeness (QED) is 0.0243. The maximum Gasteiger partial charge on any atom is 0.306 e. The molecular formula is C42H68N2O10. The third kappa shape index (κ3) is 21.2. The Morgan fingerprint density at radius 1 is 0.759 bits per heavy atom. The first-order valence-electron chi connectivity index (χ1n) is 20.3. The minimum absolute atomic E-state index is 0.187. The number of unbranched alkanes of at least 4 members (excludes halogenated alkanes) is 11.